The number of nitrogens with zero attached hydrogens (tertiary/aromatic N) is 2. The minimum atomic E-state index is -4.03. The lowest BCUT2D eigenvalue weighted by Crippen LogP contribution is -2.31. The normalized spacial score (nSPS) is 11.3. The first-order valence-electron chi connectivity index (χ1n) is 11.3. The number of rotatable bonds is 8. The van der Waals surface area contributed by atoms with E-state index >= 15 is 0 Å². The summed E-state index contributed by atoms with van der Waals surface area (Å²) in [6, 6.07) is 28.3. The van der Waals surface area contributed by atoms with Gasteiger partial charge in [-0.05, 0) is 42.0 Å². The molecule has 36 heavy (non-hydrogen) atoms. The lowest BCUT2D eigenvalue weighted by molar-refractivity contribution is 0.0719. The summed E-state index contributed by atoms with van der Waals surface area (Å²) < 4.78 is 34.9. The monoisotopic (exact) mass is 499 g/mol. The number of aromatic nitrogens is 1. The maximum absolute atomic E-state index is 13.8. The van der Waals surface area contributed by atoms with Gasteiger partial charge in [-0.1, -0.05) is 60.7 Å². The van der Waals surface area contributed by atoms with E-state index in [4.69, 9.17) is 4.42 Å². The topological polar surface area (TPSA) is 92.5 Å². The van der Waals surface area contributed by atoms with E-state index in [0.29, 0.717) is 23.2 Å². The van der Waals surface area contributed by atoms with Gasteiger partial charge in [0.2, 0.25) is 0 Å². The van der Waals surface area contributed by atoms with Gasteiger partial charge >= 0.3 is 0 Å². The lowest BCUT2D eigenvalue weighted by Gasteiger charge is -2.23. The molecule has 3 aromatic carbocycles. The first-order chi connectivity index (χ1) is 17.5. The highest BCUT2D eigenvalue weighted by Crippen LogP contribution is 2.26. The molecule has 0 aliphatic rings. The van der Waals surface area contributed by atoms with Crippen molar-refractivity contribution < 1.29 is 19.1 Å². The van der Waals surface area contributed by atoms with Crippen molar-refractivity contribution in [1.29, 1.82) is 0 Å². The molecule has 2 aromatic heterocycles. The molecule has 0 bridgehead atoms. The quantitative estimate of drug-likeness (QED) is 0.295. The van der Waals surface area contributed by atoms with E-state index < -0.39 is 10.0 Å². The fourth-order valence-electron chi connectivity index (χ4n) is 4.02. The average Bonchev–Trinajstić information content (AvgIpc) is 3.41. The van der Waals surface area contributed by atoms with E-state index in [1.54, 1.807) is 78.0 Å². The standard InChI is InChI=1S/C28H23N3O4S.H2/c32-28(31(20-23-13-8-18-35-23)19-21-9-2-1-3-10-21)24-14-4-5-15-25(24)30-36(33,34)26-16-6-11-22-12-7-17-29-27(22)26;/h1-18,30H,19-20H2;1H. The number of sulfonamides is 1. The van der Waals surface area contributed by atoms with Crippen molar-refractivity contribution in [2.75, 3.05) is 4.72 Å². The number of hydrogen-bond donors (Lipinski definition) is 1. The zero-order chi connectivity index (χ0) is 25.0. The Bertz CT molecular complexity index is 1600. The van der Waals surface area contributed by atoms with Gasteiger partial charge < -0.3 is 9.32 Å². The SMILES string of the molecule is O=C(c1ccccc1NS(=O)(=O)c1cccc2cccnc12)N(Cc1ccccc1)Cc1ccco1.[HH]. The molecule has 0 saturated heterocycles. The van der Waals surface area contributed by atoms with Gasteiger partial charge in [-0.25, -0.2) is 8.42 Å². The number of pyridine rings is 1. The highest BCUT2D eigenvalue weighted by atomic mass is 32.2. The van der Waals surface area contributed by atoms with Gasteiger partial charge in [0.05, 0.1) is 29.6 Å². The summed E-state index contributed by atoms with van der Waals surface area (Å²) in [6.07, 6.45) is 3.11. The fraction of sp³-hybridized carbons (Fsp3) is 0.0714. The van der Waals surface area contributed by atoms with Gasteiger partial charge in [-0.3, -0.25) is 14.5 Å². The van der Waals surface area contributed by atoms with E-state index in [2.05, 4.69) is 9.71 Å². The second-order valence-electron chi connectivity index (χ2n) is 8.21. The molecule has 5 rings (SSSR count). The van der Waals surface area contributed by atoms with Crippen LogP contribution in [0.4, 0.5) is 5.69 Å². The number of amides is 1. The highest BCUT2D eigenvalue weighted by molar-refractivity contribution is 7.93. The van der Waals surface area contributed by atoms with Crippen molar-refractivity contribution in [2.45, 2.75) is 18.0 Å². The second kappa shape index (κ2) is 10.1. The van der Waals surface area contributed by atoms with Gasteiger partial charge in [-0.2, -0.15) is 0 Å². The fourth-order valence-corrected chi connectivity index (χ4v) is 5.28. The van der Waals surface area contributed by atoms with E-state index in [1.165, 1.54) is 6.07 Å². The minimum Gasteiger partial charge on any atom is -0.467 e. The molecule has 7 nitrogen and oxygen atoms in total. The van der Waals surface area contributed by atoms with Gasteiger partial charge in [0.25, 0.3) is 15.9 Å². The summed E-state index contributed by atoms with van der Waals surface area (Å²) in [7, 11) is -4.03. The summed E-state index contributed by atoms with van der Waals surface area (Å²) in [5.41, 5.74) is 1.72. The third-order valence-corrected chi connectivity index (χ3v) is 7.11. The van der Waals surface area contributed by atoms with Crippen molar-refractivity contribution in [2.24, 2.45) is 0 Å². The Labute approximate surface area is 210 Å². The average molecular weight is 500 g/mol. The Kier molecular flexibility index (Phi) is 6.51. The van der Waals surface area contributed by atoms with Crippen molar-refractivity contribution in [3.8, 4) is 0 Å². The van der Waals surface area contributed by atoms with Crippen molar-refractivity contribution in [3.05, 3.63) is 126 Å². The Morgan fingerprint density at radius 2 is 1.64 bits per heavy atom. The molecular weight excluding hydrogens is 474 g/mol. The van der Waals surface area contributed by atoms with Crippen molar-refractivity contribution in [1.82, 2.24) is 9.88 Å². The molecule has 8 heteroatoms. The zero-order valence-corrected chi connectivity index (χ0v) is 20.1. The number of carbonyl (C=O) groups is 1. The molecule has 0 saturated carbocycles. The second-order valence-corrected chi connectivity index (χ2v) is 9.86. The number of furan rings is 1. The molecule has 1 N–H and O–H groups in total. The molecule has 0 aliphatic carbocycles. The maximum atomic E-state index is 13.8. The van der Waals surface area contributed by atoms with Crippen LogP contribution in [0.5, 0.6) is 0 Å². The first-order valence-corrected chi connectivity index (χ1v) is 12.8. The molecule has 5 aromatic rings. The predicted molar refractivity (Wildman–Crippen MR) is 140 cm³/mol. The Morgan fingerprint density at radius 1 is 0.861 bits per heavy atom. The molecule has 1 amide bonds. The van der Waals surface area contributed by atoms with Crippen LogP contribution in [0.1, 0.15) is 23.1 Å². The molecule has 2 heterocycles. The Hall–Kier alpha value is -4.43. The molecule has 0 fully saturated rings. The van der Waals surface area contributed by atoms with Gasteiger partial charge in [0.1, 0.15) is 10.7 Å². The maximum Gasteiger partial charge on any atom is 0.264 e. The third kappa shape index (κ3) is 4.99. The number of nitrogens with one attached hydrogen (secondary N) is 1. The van der Waals surface area contributed by atoms with Crippen LogP contribution in [0.15, 0.2) is 119 Å². The number of fused-ring (bicyclic) bond motifs is 1. The van der Waals surface area contributed by atoms with Crippen LogP contribution in [0.2, 0.25) is 0 Å². The van der Waals surface area contributed by atoms with E-state index in [0.717, 1.165) is 5.56 Å². The number of benzene rings is 3. The Morgan fingerprint density at radius 3 is 2.44 bits per heavy atom. The summed E-state index contributed by atoms with van der Waals surface area (Å²) in [6.45, 7) is 0.559. The summed E-state index contributed by atoms with van der Waals surface area (Å²) in [5, 5.41) is 0.706. The summed E-state index contributed by atoms with van der Waals surface area (Å²) >= 11 is 0. The van der Waals surface area contributed by atoms with Crippen LogP contribution in [0.3, 0.4) is 0 Å². The van der Waals surface area contributed by atoms with Crippen LogP contribution in [-0.4, -0.2) is 24.2 Å². The van der Waals surface area contributed by atoms with Crippen LogP contribution in [-0.2, 0) is 23.1 Å². The number of hydrogen-bond acceptors (Lipinski definition) is 5. The molecule has 0 aliphatic heterocycles. The van der Waals surface area contributed by atoms with Crippen LogP contribution in [0, 0.1) is 0 Å². The predicted octanol–water partition coefficient (Wildman–Crippen LogP) is 5.72. The van der Waals surface area contributed by atoms with Crippen LogP contribution in [0.25, 0.3) is 10.9 Å². The summed E-state index contributed by atoms with van der Waals surface area (Å²) in [5.74, 6) is 0.295. The number of carbonyl (C=O) groups excluding carboxylic acids is 1. The number of anilines is 1. The molecule has 0 atom stereocenters. The van der Waals surface area contributed by atoms with Gasteiger partial charge in [0, 0.05) is 19.6 Å². The smallest absolute Gasteiger partial charge is 0.264 e. The molecule has 0 unspecified atom stereocenters. The molecule has 182 valence electrons. The highest BCUT2D eigenvalue weighted by Gasteiger charge is 2.24. The van der Waals surface area contributed by atoms with Crippen LogP contribution < -0.4 is 4.72 Å². The van der Waals surface area contributed by atoms with E-state index in [1.807, 2.05) is 30.3 Å². The Balaban J connectivity index is 0.00000320. The van der Waals surface area contributed by atoms with Crippen LogP contribution >= 0.6 is 0 Å². The first kappa shape index (κ1) is 23.3. The molecular formula is C28H25N3O4S. The zero-order valence-electron chi connectivity index (χ0n) is 19.2. The molecule has 0 radical (unpaired) electrons. The van der Waals surface area contributed by atoms with Crippen molar-refractivity contribution in [3.63, 3.8) is 0 Å². The van der Waals surface area contributed by atoms with Gasteiger partial charge in [0.15, 0.2) is 0 Å². The lowest BCUT2D eigenvalue weighted by atomic mass is 10.1. The van der Waals surface area contributed by atoms with Crippen molar-refractivity contribution >= 4 is 32.5 Å². The molecule has 0 spiro atoms. The van der Waals surface area contributed by atoms with Gasteiger partial charge in [-0.15, -0.1) is 0 Å². The third-order valence-electron chi connectivity index (χ3n) is 5.72. The minimum absolute atomic E-state index is 0. The largest absolute Gasteiger partial charge is 0.467 e. The summed E-state index contributed by atoms with van der Waals surface area (Å²) in [4.78, 5) is 19.7. The van der Waals surface area contributed by atoms with E-state index in [9.17, 15) is 13.2 Å². The number of para-hydroxylation sites is 2. The van der Waals surface area contributed by atoms with E-state index in [-0.39, 0.29) is 30.0 Å².